The molecule has 0 saturated carbocycles. The highest BCUT2D eigenvalue weighted by atomic mass is 35.5. The van der Waals surface area contributed by atoms with E-state index in [9.17, 15) is 0 Å². The average molecular weight is 367 g/mol. The molecule has 0 saturated heterocycles. The van der Waals surface area contributed by atoms with E-state index in [1.807, 2.05) is 78.9 Å². The van der Waals surface area contributed by atoms with Gasteiger partial charge in [0.05, 0.1) is 5.52 Å². The van der Waals surface area contributed by atoms with Gasteiger partial charge in [0.15, 0.2) is 5.82 Å². The zero-order valence-corrected chi connectivity index (χ0v) is 14.7. The minimum atomic E-state index is 0. The van der Waals surface area contributed by atoms with Gasteiger partial charge >= 0.3 is 0 Å². The van der Waals surface area contributed by atoms with Gasteiger partial charge in [0.1, 0.15) is 5.82 Å². The van der Waals surface area contributed by atoms with E-state index in [0.29, 0.717) is 10.8 Å². The van der Waals surface area contributed by atoms with Crippen molar-refractivity contribution in [1.29, 1.82) is 0 Å². The third-order valence-corrected chi connectivity index (χ3v) is 3.99. The Labute approximate surface area is 157 Å². The largest absolute Gasteiger partial charge is 1.00 e. The molecule has 0 unspecified atom stereocenters. The first-order valence-electron chi connectivity index (χ1n) is 7.64. The maximum absolute atomic E-state index is 5.98. The van der Waals surface area contributed by atoms with E-state index in [-0.39, 0.29) is 12.4 Å². The van der Waals surface area contributed by atoms with Gasteiger partial charge in [-0.05, 0) is 48.5 Å². The SMILES string of the molecule is Clc1ccc(-c2nc(Nc3ccccc3)c3ccccc3n2)cc1.[Cl-]. The Kier molecular flexibility index (Phi) is 5.17. The molecule has 0 spiro atoms. The minimum Gasteiger partial charge on any atom is -1.00 e. The molecule has 1 heterocycles. The number of benzene rings is 3. The second-order valence-electron chi connectivity index (χ2n) is 5.41. The smallest absolute Gasteiger partial charge is 0.162 e. The zero-order valence-electron chi connectivity index (χ0n) is 13.2. The molecule has 0 amide bonds. The summed E-state index contributed by atoms with van der Waals surface area (Å²) in [5.41, 5.74) is 2.82. The molecule has 0 aliphatic heterocycles. The first-order chi connectivity index (χ1) is 11.8. The second-order valence-corrected chi connectivity index (χ2v) is 5.85. The lowest BCUT2D eigenvalue weighted by Gasteiger charge is -2.11. The van der Waals surface area contributed by atoms with Crippen molar-refractivity contribution in [3.05, 3.63) is 83.9 Å². The van der Waals surface area contributed by atoms with Crippen LogP contribution in [0.4, 0.5) is 11.5 Å². The average Bonchev–Trinajstić information content (AvgIpc) is 2.63. The van der Waals surface area contributed by atoms with Crippen LogP contribution in [0.2, 0.25) is 5.02 Å². The van der Waals surface area contributed by atoms with Crippen molar-refractivity contribution in [2.24, 2.45) is 0 Å². The third kappa shape index (κ3) is 3.73. The second kappa shape index (κ2) is 7.51. The molecular weight excluding hydrogens is 353 g/mol. The number of fused-ring (bicyclic) bond motifs is 1. The molecular formula is C20H14Cl2N3-. The predicted molar refractivity (Wildman–Crippen MR) is 99.7 cm³/mol. The van der Waals surface area contributed by atoms with Crippen LogP contribution in [0.25, 0.3) is 22.3 Å². The van der Waals surface area contributed by atoms with Crippen molar-refractivity contribution in [1.82, 2.24) is 9.97 Å². The van der Waals surface area contributed by atoms with Crippen LogP contribution in [0, 0.1) is 0 Å². The van der Waals surface area contributed by atoms with Crippen LogP contribution < -0.4 is 17.7 Å². The van der Waals surface area contributed by atoms with E-state index in [1.54, 1.807) is 0 Å². The van der Waals surface area contributed by atoms with Crippen molar-refractivity contribution in [2.45, 2.75) is 0 Å². The van der Waals surface area contributed by atoms with E-state index in [2.05, 4.69) is 10.3 Å². The van der Waals surface area contributed by atoms with E-state index in [4.69, 9.17) is 16.6 Å². The first-order valence-corrected chi connectivity index (χ1v) is 8.02. The summed E-state index contributed by atoms with van der Waals surface area (Å²) in [4.78, 5) is 9.41. The van der Waals surface area contributed by atoms with E-state index < -0.39 is 0 Å². The Balaban J connectivity index is 0.00000182. The minimum absolute atomic E-state index is 0. The number of para-hydroxylation sites is 2. The highest BCUT2D eigenvalue weighted by molar-refractivity contribution is 6.30. The lowest BCUT2D eigenvalue weighted by molar-refractivity contribution is -0.00000470. The quantitative estimate of drug-likeness (QED) is 0.605. The van der Waals surface area contributed by atoms with Crippen molar-refractivity contribution < 1.29 is 12.4 Å². The number of hydrogen-bond donors (Lipinski definition) is 1. The molecule has 4 aromatic rings. The molecule has 0 atom stereocenters. The Bertz CT molecular complexity index is 987. The molecule has 0 aliphatic carbocycles. The van der Waals surface area contributed by atoms with Crippen molar-refractivity contribution in [3.63, 3.8) is 0 Å². The lowest BCUT2D eigenvalue weighted by Crippen LogP contribution is -3.00. The Morgan fingerprint density at radius 3 is 2.16 bits per heavy atom. The van der Waals surface area contributed by atoms with Gasteiger partial charge in [0, 0.05) is 21.7 Å². The van der Waals surface area contributed by atoms with Crippen molar-refractivity contribution in [2.75, 3.05) is 5.32 Å². The van der Waals surface area contributed by atoms with Crippen LogP contribution in [0.1, 0.15) is 0 Å². The molecule has 0 radical (unpaired) electrons. The summed E-state index contributed by atoms with van der Waals surface area (Å²) in [5.74, 6) is 1.46. The zero-order chi connectivity index (χ0) is 16.4. The molecule has 5 heteroatoms. The van der Waals surface area contributed by atoms with Crippen LogP contribution >= 0.6 is 11.6 Å². The molecule has 124 valence electrons. The van der Waals surface area contributed by atoms with Gasteiger partial charge in [0.25, 0.3) is 0 Å². The van der Waals surface area contributed by atoms with Crippen molar-refractivity contribution in [3.8, 4) is 11.4 Å². The van der Waals surface area contributed by atoms with E-state index in [1.165, 1.54) is 0 Å². The fourth-order valence-electron chi connectivity index (χ4n) is 2.56. The maximum Gasteiger partial charge on any atom is 0.162 e. The van der Waals surface area contributed by atoms with Crippen LogP contribution in [0.15, 0.2) is 78.9 Å². The monoisotopic (exact) mass is 366 g/mol. The van der Waals surface area contributed by atoms with Crippen LogP contribution in [-0.2, 0) is 0 Å². The van der Waals surface area contributed by atoms with E-state index in [0.717, 1.165) is 28.0 Å². The lowest BCUT2D eigenvalue weighted by atomic mass is 10.2. The first kappa shape index (κ1) is 17.2. The number of rotatable bonds is 3. The van der Waals surface area contributed by atoms with Gasteiger partial charge in [-0.25, -0.2) is 9.97 Å². The van der Waals surface area contributed by atoms with Gasteiger partial charge in [-0.1, -0.05) is 41.9 Å². The van der Waals surface area contributed by atoms with E-state index >= 15 is 0 Å². The number of halogens is 2. The Morgan fingerprint density at radius 1 is 0.720 bits per heavy atom. The Morgan fingerprint density at radius 2 is 1.40 bits per heavy atom. The third-order valence-electron chi connectivity index (χ3n) is 3.74. The number of aromatic nitrogens is 2. The summed E-state index contributed by atoms with van der Waals surface area (Å²) in [6.45, 7) is 0. The van der Waals surface area contributed by atoms with Crippen molar-refractivity contribution >= 4 is 34.0 Å². The van der Waals surface area contributed by atoms with Crippen LogP contribution in [0.3, 0.4) is 0 Å². The molecule has 1 aromatic heterocycles. The summed E-state index contributed by atoms with van der Waals surface area (Å²) < 4.78 is 0. The number of anilines is 2. The van der Waals surface area contributed by atoms with Gasteiger partial charge < -0.3 is 17.7 Å². The fourth-order valence-corrected chi connectivity index (χ4v) is 2.68. The molecule has 1 N–H and O–H groups in total. The van der Waals surface area contributed by atoms with Gasteiger partial charge in [-0.15, -0.1) is 0 Å². The summed E-state index contributed by atoms with van der Waals surface area (Å²) in [7, 11) is 0. The van der Waals surface area contributed by atoms with Crippen LogP contribution in [-0.4, -0.2) is 9.97 Å². The summed E-state index contributed by atoms with van der Waals surface area (Å²) in [5, 5.41) is 5.07. The number of nitrogens with zero attached hydrogens (tertiary/aromatic N) is 2. The molecule has 0 aliphatic rings. The normalized spacial score (nSPS) is 10.3. The summed E-state index contributed by atoms with van der Waals surface area (Å²) in [6.07, 6.45) is 0. The summed E-state index contributed by atoms with van der Waals surface area (Å²) in [6, 6.07) is 25.5. The van der Waals surface area contributed by atoms with Gasteiger partial charge in [-0.2, -0.15) is 0 Å². The standard InChI is InChI=1S/C20H14ClN3.ClH/c21-15-12-10-14(11-13-15)19-23-18-9-5-4-8-17(18)20(24-19)22-16-6-2-1-3-7-16;/h1-13H,(H,22,23,24);1H/p-1. The number of nitrogens with one attached hydrogen (secondary N) is 1. The van der Waals surface area contributed by atoms with Crippen LogP contribution in [0.5, 0.6) is 0 Å². The molecule has 0 bridgehead atoms. The number of hydrogen-bond acceptors (Lipinski definition) is 3. The molecule has 25 heavy (non-hydrogen) atoms. The predicted octanol–water partition coefficient (Wildman–Crippen LogP) is 2.70. The maximum atomic E-state index is 5.98. The van der Waals surface area contributed by atoms with Gasteiger partial charge in [-0.3, -0.25) is 0 Å². The molecule has 3 nitrogen and oxygen atoms in total. The topological polar surface area (TPSA) is 37.8 Å². The highest BCUT2D eigenvalue weighted by Gasteiger charge is 2.09. The Hall–Kier alpha value is -2.62. The highest BCUT2D eigenvalue weighted by Crippen LogP contribution is 2.27. The fraction of sp³-hybridized carbons (Fsp3) is 0. The molecule has 3 aromatic carbocycles. The molecule has 4 rings (SSSR count). The summed E-state index contributed by atoms with van der Waals surface area (Å²) >= 11 is 5.98. The van der Waals surface area contributed by atoms with Gasteiger partial charge in [0.2, 0.25) is 0 Å². The molecule has 0 fully saturated rings.